The van der Waals surface area contributed by atoms with E-state index in [2.05, 4.69) is 41.6 Å². The Morgan fingerprint density at radius 1 is 1.41 bits per heavy atom. The van der Waals surface area contributed by atoms with Crippen LogP contribution in [0.25, 0.3) is 0 Å². The van der Waals surface area contributed by atoms with Gasteiger partial charge in [-0.3, -0.25) is 0 Å². The van der Waals surface area contributed by atoms with Crippen LogP contribution >= 0.6 is 0 Å². The fourth-order valence-corrected chi connectivity index (χ4v) is 1.65. The Balaban J connectivity index is 2.80. The van der Waals surface area contributed by atoms with E-state index in [-0.39, 0.29) is 0 Å². The first-order valence-corrected chi connectivity index (χ1v) is 5.92. The van der Waals surface area contributed by atoms with Crippen molar-refractivity contribution >= 4 is 11.5 Å². The lowest BCUT2D eigenvalue weighted by molar-refractivity contribution is 1.19. The highest BCUT2D eigenvalue weighted by molar-refractivity contribution is 5.65. The van der Waals surface area contributed by atoms with Gasteiger partial charge in [-0.05, 0) is 38.5 Å². The summed E-state index contributed by atoms with van der Waals surface area (Å²) in [6, 6.07) is 3.91. The Morgan fingerprint density at radius 3 is 2.82 bits per heavy atom. The fourth-order valence-electron chi connectivity index (χ4n) is 1.65. The average Bonchev–Trinajstić information content (AvgIpc) is 2.29. The van der Waals surface area contributed by atoms with Gasteiger partial charge >= 0.3 is 0 Å². The van der Waals surface area contributed by atoms with E-state index in [0.29, 0.717) is 0 Å². The van der Waals surface area contributed by atoms with Crippen LogP contribution in [0.4, 0.5) is 11.5 Å². The van der Waals surface area contributed by atoms with Crippen LogP contribution in [0.5, 0.6) is 0 Å². The molecule has 0 atom stereocenters. The molecular weight excluding hydrogens is 210 g/mol. The first-order valence-electron chi connectivity index (χ1n) is 5.92. The SMILES string of the molecule is CC/C=C(C)\C=C(/C)Nc1ncccc1NC. The predicted molar refractivity (Wildman–Crippen MR) is 75.2 cm³/mol. The Kier molecular flexibility index (Phi) is 5.27. The molecule has 0 aliphatic rings. The maximum atomic E-state index is 4.31. The highest BCUT2D eigenvalue weighted by Crippen LogP contribution is 2.18. The van der Waals surface area contributed by atoms with Gasteiger partial charge in [0.15, 0.2) is 5.82 Å². The molecule has 3 heteroatoms. The van der Waals surface area contributed by atoms with Crippen molar-refractivity contribution in [3.05, 3.63) is 41.8 Å². The normalized spacial score (nSPS) is 12.5. The zero-order chi connectivity index (χ0) is 12.7. The van der Waals surface area contributed by atoms with Gasteiger partial charge in [-0.2, -0.15) is 0 Å². The van der Waals surface area contributed by atoms with Crippen LogP contribution in [0.1, 0.15) is 27.2 Å². The molecule has 0 aliphatic carbocycles. The van der Waals surface area contributed by atoms with Gasteiger partial charge in [0.2, 0.25) is 0 Å². The molecule has 0 fully saturated rings. The quantitative estimate of drug-likeness (QED) is 0.757. The number of allylic oxidation sites excluding steroid dienone is 4. The summed E-state index contributed by atoms with van der Waals surface area (Å²) >= 11 is 0. The van der Waals surface area contributed by atoms with Crippen LogP contribution in [0, 0.1) is 0 Å². The number of rotatable bonds is 5. The van der Waals surface area contributed by atoms with Crippen LogP contribution in [0.3, 0.4) is 0 Å². The number of nitrogens with one attached hydrogen (secondary N) is 2. The minimum atomic E-state index is 0.855. The van der Waals surface area contributed by atoms with Crippen LogP contribution in [-0.2, 0) is 0 Å². The molecular formula is C14H21N3. The third-order valence-corrected chi connectivity index (χ3v) is 2.36. The highest BCUT2D eigenvalue weighted by Gasteiger charge is 2.00. The van der Waals surface area contributed by atoms with Crippen molar-refractivity contribution in [2.75, 3.05) is 17.7 Å². The largest absolute Gasteiger partial charge is 0.385 e. The Hall–Kier alpha value is -1.77. The number of hydrogen-bond donors (Lipinski definition) is 2. The maximum Gasteiger partial charge on any atom is 0.153 e. The molecule has 0 saturated heterocycles. The molecule has 0 radical (unpaired) electrons. The van der Waals surface area contributed by atoms with E-state index < -0.39 is 0 Å². The number of anilines is 2. The molecule has 0 bridgehead atoms. The molecule has 1 aromatic rings. The van der Waals surface area contributed by atoms with Gasteiger partial charge in [-0.1, -0.05) is 18.6 Å². The number of pyridine rings is 1. The van der Waals surface area contributed by atoms with Crippen molar-refractivity contribution in [1.29, 1.82) is 0 Å². The molecule has 0 aromatic carbocycles. The third-order valence-electron chi connectivity index (χ3n) is 2.36. The van der Waals surface area contributed by atoms with Gasteiger partial charge in [0.25, 0.3) is 0 Å². The molecule has 1 rings (SSSR count). The molecule has 1 aromatic heterocycles. The van der Waals surface area contributed by atoms with E-state index in [0.717, 1.165) is 23.6 Å². The standard InChI is InChI=1S/C14H21N3/c1-5-7-11(2)10-12(3)17-14-13(15-4)8-6-9-16-14/h6-10,15H,5H2,1-4H3,(H,16,17)/b11-7-,12-10+. The molecule has 92 valence electrons. The minimum Gasteiger partial charge on any atom is -0.385 e. The molecule has 0 unspecified atom stereocenters. The summed E-state index contributed by atoms with van der Waals surface area (Å²) in [7, 11) is 1.89. The van der Waals surface area contributed by atoms with Crippen LogP contribution in [0.2, 0.25) is 0 Å². The zero-order valence-electron chi connectivity index (χ0n) is 11.0. The first-order chi connectivity index (χ1) is 8.17. The van der Waals surface area contributed by atoms with E-state index in [1.54, 1.807) is 6.20 Å². The molecule has 0 amide bonds. The molecule has 0 saturated carbocycles. The van der Waals surface area contributed by atoms with E-state index >= 15 is 0 Å². The van der Waals surface area contributed by atoms with Crippen molar-refractivity contribution in [2.24, 2.45) is 0 Å². The second-order valence-corrected chi connectivity index (χ2v) is 3.96. The van der Waals surface area contributed by atoms with Crippen LogP contribution in [-0.4, -0.2) is 12.0 Å². The summed E-state index contributed by atoms with van der Waals surface area (Å²) in [6.07, 6.45) is 7.16. The Labute approximate surface area is 104 Å². The van der Waals surface area contributed by atoms with E-state index in [1.165, 1.54) is 5.57 Å². The molecule has 0 spiro atoms. The summed E-state index contributed by atoms with van der Waals surface area (Å²) in [5.74, 6) is 0.855. The highest BCUT2D eigenvalue weighted by atomic mass is 15.0. The van der Waals surface area contributed by atoms with Gasteiger partial charge in [-0.15, -0.1) is 0 Å². The predicted octanol–water partition coefficient (Wildman–Crippen LogP) is 3.80. The summed E-state index contributed by atoms with van der Waals surface area (Å²) in [6.45, 7) is 6.28. The molecule has 2 N–H and O–H groups in total. The van der Waals surface area contributed by atoms with E-state index in [4.69, 9.17) is 0 Å². The van der Waals surface area contributed by atoms with E-state index in [9.17, 15) is 0 Å². The average molecular weight is 231 g/mol. The first kappa shape index (κ1) is 13.3. The van der Waals surface area contributed by atoms with Crippen molar-refractivity contribution in [1.82, 2.24) is 4.98 Å². The summed E-state index contributed by atoms with van der Waals surface area (Å²) < 4.78 is 0. The van der Waals surface area contributed by atoms with Crippen LogP contribution < -0.4 is 10.6 Å². The van der Waals surface area contributed by atoms with Crippen LogP contribution in [0.15, 0.2) is 41.8 Å². The summed E-state index contributed by atoms with van der Waals surface area (Å²) in [5.41, 5.74) is 3.35. The third kappa shape index (κ3) is 4.31. The second kappa shape index (κ2) is 6.74. The van der Waals surface area contributed by atoms with Gasteiger partial charge in [0, 0.05) is 18.9 Å². The topological polar surface area (TPSA) is 37.0 Å². The van der Waals surface area contributed by atoms with Gasteiger partial charge in [-0.25, -0.2) is 4.98 Å². The maximum absolute atomic E-state index is 4.31. The summed E-state index contributed by atoms with van der Waals surface area (Å²) in [5, 5.41) is 6.41. The number of nitrogens with zero attached hydrogens (tertiary/aromatic N) is 1. The van der Waals surface area contributed by atoms with Crippen molar-refractivity contribution in [2.45, 2.75) is 27.2 Å². The van der Waals surface area contributed by atoms with Gasteiger partial charge in [0.05, 0.1) is 5.69 Å². The smallest absolute Gasteiger partial charge is 0.153 e. The Morgan fingerprint density at radius 2 is 2.18 bits per heavy atom. The second-order valence-electron chi connectivity index (χ2n) is 3.96. The molecule has 0 aliphatic heterocycles. The monoisotopic (exact) mass is 231 g/mol. The zero-order valence-corrected chi connectivity index (χ0v) is 11.0. The van der Waals surface area contributed by atoms with E-state index in [1.807, 2.05) is 26.1 Å². The van der Waals surface area contributed by atoms with Crippen molar-refractivity contribution in [3.8, 4) is 0 Å². The minimum absolute atomic E-state index is 0.855. The molecule has 3 nitrogen and oxygen atoms in total. The fraction of sp³-hybridized carbons (Fsp3) is 0.357. The summed E-state index contributed by atoms with van der Waals surface area (Å²) in [4.78, 5) is 4.31. The molecule has 17 heavy (non-hydrogen) atoms. The Bertz CT molecular complexity index is 419. The van der Waals surface area contributed by atoms with Crippen molar-refractivity contribution < 1.29 is 0 Å². The lowest BCUT2D eigenvalue weighted by atomic mass is 10.2. The molecule has 1 heterocycles. The lowest BCUT2D eigenvalue weighted by Crippen LogP contribution is -2.02. The van der Waals surface area contributed by atoms with Crippen molar-refractivity contribution in [3.63, 3.8) is 0 Å². The number of aromatic nitrogens is 1. The van der Waals surface area contributed by atoms with Gasteiger partial charge in [0.1, 0.15) is 0 Å². The van der Waals surface area contributed by atoms with Gasteiger partial charge < -0.3 is 10.6 Å². The number of hydrogen-bond acceptors (Lipinski definition) is 3. The lowest BCUT2D eigenvalue weighted by Gasteiger charge is -2.10.